The Balaban J connectivity index is 0.985. The Morgan fingerprint density at radius 2 is 0.918 bits per heavy atom. The van der Waals surface area contributed by atoms with Crippen LogP contribution in [0.2, 0.25) is 0 Å². The number of aromatic nitrogens is 3. The summed E-state index contributed by atoms with van der Waals surface area (Å²) in [6.45, 7) is 20.3. The fraction of sp³-hybridized carbons (Fsp3) is 0.154. The number of imidazole rings is 1. The first-order chi connectivity index (χ1) is 41.1. The zero-order chi connectivity index (χ0) is 58.5. The number of hydrogen-bond donors (Lipinski definition) is 0. The maximum Gasteiger partial charge on any atom is -0.0348 e. The molecule has 14 rings (SSSR count). The van der Waals surface area contributed by atoms with Crippen LogP contribution < -0.4 is 14.5 Å². The topological polar surface area (TPSA) is 38.5 Å². The van der Waals surface area contributed by atoms with Crippen LogP contribution in [0.5, 0.6) is 11.5 Å². The van der Waals surface area contributed by atoms with Gasteiger partial charge in [-0.15, -0.1) is 0 Å². The molecule has 2 aromatic heterocycles. The molecule has 6 nitrogen and oxygen atoms in total. The Labute approximate surface area is 510 Å². The van der Waals surface area contributed by atoms with E-state index >= 15 is 0 Å². The van der Waals surface area contributed by atoms with E-state index in [0.29, 0.717) is 0 Å². The molecule has 10 aromatic carbocycles. The minimum absolute atomic E-state index is 0.118. The monoisotopic (exact) mass is 1280 g/mol. The molecule has 12 aromatic rings. The van der Waals surface area contributed by atoms with Crippen molar-refractivity contribution in [2.24, 2.45) is 0 Å². The van der Waals surface area contributed by atoms with E-state index in [2.05, 4.69) is 337 Å². The number of rotatable bonds is 8. The van der Waals surface area contributed by atoms with Crippen molar-refractivity contribution >= 4 is 45.3 Å². The van der Waals surface area contributed by atoms with Crippen LogP contribution in [0.3, 0.4) is 0 Å². The van der Waals surface area contributed by atoms with Gasteiger partial charge in [-0.05, 0) is 78.8 Å². The molecule has 0 aliphatic carbocycles. The summed E-state index contributed by atoms with van der Waals surface area (Å²) in [6.07, 6.45) is 1.97. The summed E-state index contributed by atoms with van der Waals surface area (Å²) < 4.78 is 13.3. The molecule has 0 unspecified atom stereocenters. The molecule has 2 aliphatic heterocycles. The number of aryl methyl sites for hydroxylation is 2. The molecule has 0 bridgehead atoms. The van der Waals surface area contributed by atoms with E-state index in [1.807, 2.05) is 6.20 Å². The van der Waals surface area contributed by atoms with E-state index in [1.54, 1.807) is 0 Å². The van der Waals surface area contributed by atoms with Crippen molar-refractivity contribution in [1.82, 2.24) is 14.1 Å². The van der Waals surface area contributed by atoms with Crippen molar-refractivity contribution in [2.75, 3.05) is 9.80 Å². The Morgan fingerprint density at radius 3 is 1.48 bits per heavy atom. The van der Waals surface area contributed by atoms with Crippen LogP contribution in [0.4, 0.5) is 34.3 Å². The smallest absolute Gasteiger partial charge is 0.0348 e. The van der Waals surface area contributed by atoms with Crippen molar-refractivity contribution in [3.05, 3.63) is 297 Å². The molecule has 0 atom stereocenters. The maximum absolute atomic E-state index is 7.43. The number of anilines is 6. The zero-order valence-electron chi connectivity index (χ0n) is 49.6. The second-order valence-corrected chi connectivity index (χ2v) is 25.9. The van der Waals surface area contributed by atoms with Gasteiger partial charge in [0.1, 0.15) is 0 Å². The van der Waals surface area contributed by atoms with Crippen LogP contribution in [0.1, 0.15) is 91.6 Å². The van der Waals surface area contributed by atoms with Gasteiger partial charge in [0.05, 0.1) is 11.4 Å². The molecule has 2 aliphatic rings. The van der Waals surface area contributed by atoms with Crippen LogP contribution in [-0.2, 0) is 35.6 Å². The fourth-order valence-electron chi connectivity index (χ4n) is 13.2. The molecule has 0 N–H and O–H groups in total. The summed E-state index contributed by atoms with van der Waals surface area (Å²) in [7, 11) is 0. The molecule has 0 saturated carbocycles. The third-order valence-electron chi connectivity index (χ3n) is 17.7. The Morgan fingerprint density at radius 1 is 0.412 bits per heavy atom. The van der Waals surface area contributed by atoms with Gasteiger partial charge in [0, 0.05) is 11.9 Å². The van der Waals surface area contributed by atoms with E-state index in [-0.39, 0.29) is 10.8 Å². The van der Waals surface area contributed by atoms with Gasteiger partial charge in [0.25, 0.3) is 0 Å². The third kappa shape index (κ3) is 8.87. The van der Waals surface area contributed by atoms with Crippen LogP contribution in [0, 0.1) is 24.6 Å². The van der Waals surface area contributed by atoms with Crippen molar-refractivity contribution in [3.63, 3.8) is 0 Å². The van der Waals surface area contributed by atoms with Gasteiger partial charge in [-0.3, -0.25) is 0 Å². The van der Waals surface area contributed by atoms with Gasteiger partial charge in [-0.1, -0.05) is 75.4 Å². The first-order valence-corrected chi connectivity index (χ1v) is 30.6. The van der Waals surface area contributed by atoms with Gasteiger partial charge < -0.3 is 4.90 Å². The number of hydrogen-bond acceptors (Lipinski definition) is 4. The van der Waals surface area contributed by atoms with Crippen LogP contribution >= 0.6 is 0 Å². The number of pyridine rings is 1. The standard InChI is InChI=1S/C78H67N5O.Pt/c1-51-43-59(44-52(2)53(51)3)82-68-34-19-16-31-64(68)78(65-32-17-20-35-69(65)82)66-33-18-21-36-70(66)83(74-47-56(41-42-79-74)76(4,5)6)73-49-60(39-40-67(73)78)84-61-46-57(77(7,8)9)45-58(48-61)80-50-81(72-38-23-22-37-71(72)80)75-62(54-25-12-10-13-26-54)29-24-30-63(75)55-27-14-11-15-28-55;/h10-49H,1-9H3;. The first-order valence-electron chi connectivity index (χ1n) is 29.4. The van der Waals surface area contributed by atoms with Gasteiger partial charge in [-0.2, -0.15) is 0 Å². The molecule has 0 amide bonds. The summed E-state index contributed by atoms with van der Waals surface area (Å²) in [5, 5.41) is 0. The molecule has 420 valence electrons. The number of para-hydroxylation sites is 6. The normalized spacial score (nSPS) is 13.4. The average molecular weight is 1290 g/mol. The van der Waals surface area contributed by atoms with E-state index in [9.17, 15) is 0 Å². The van der Waals surface area contributed by atoms with Crippen molar-refractivity contribution in [1.29, 1.82) is 0 Å². The molecular weight excluding hydrogens is 1220 g/mol. The average Bonchev–Trinajstić information content (AvgIpc) is 1.23. The van der Waals surface area contributed by atoms with Crippen LogP contribution in [-0.4, -0.2) is 14.1 Å². The second-order valence-electron chi connectivity index (χ2n) is 24.9. The Kier molecular flexibility index (Phi) is 13.1. The summed E-state index contributed by atoms with van der Waals surface area (Å²) in [6, 6.07) is 86.8. The van der Waals surface area contributed by atoms with Gasteiger partial charge >= 0.3 is 331 Å². The van der Waals surface area contributed by atoms with E-state index < -0.39 is 5.41 Å². The Hall–Kier alpha value is -9.09. The SMILES string of the molecule is Cc1cc(N2c3ccccc3C3(c4ccccc42)c2ccccc2N(c2cc(C(C)(C)C)ccn2)c2cc(Oc4cc(-n5[c](=[Pt])n(-c6c(-c7ccccc7)cccc6-c6ccccc6)c6ccccc65)cc(C(C)(C)C)c4)ccc23)cc(C)c1C. The van der Waals surface area contributed by atoms with E-state index in [1.165, 1.54) is 38.9 Å². The van der Waals surface area contributed by atoms with Crippen molar-refractivity contribution in [3.8, 4) is 45.1 Å². The predicted octanol–water partition coefficient (Wildman–Crippen LogP) is 20.5. The van der Waals surface area contributed by atoms with Crippen LogP contribution in [0.15, 0.2) is 243 Å². The number of ether oxygens (including phenoxy) is 1. The zero-order valence-corrected chi connectivity index (χ0v) is 51.8. The summed E-state index contributed by atoms with van der Waals surface area (Å²) >= 11 is 2.55. The van der Waals surface area contributed by atoms with Gasteiger partial charge in [-0.25, -0.2) is 0 Å². The molecule has 7 heteroatoms. The van der Waals surface area contributed by atoms with E-state index in [0.717, 1.165) is 105 Å². The second kappa shape index (κ2) is 20.6. The number of nitrogens with zero attached hydrogens (tertiary/aromatic N) is 5. The fourth-order valence-corrected chi connectivity index (χ4v) is 14.3. The number of benzene rings is 10. The third-order valence-corrected chi connectivity index (χ3v) is 18.7. The molecule has 1 spiro atoms. The largest absolute Gasteiger partial charge is 0.0459 e. The summed E-state index contributed by atoms with van der Waals surface area (Å²) in [5.74, 6) is 2.32. The maximum atomic E-state index is 7.43. The quantitative estimate of drug-likeness (QED) is 0.152. The van der Waals surface area contributed by atoms with E-state index in [4.69, 9.17) is 9.72 Å². The molecule has 0 fully saturated rings. The summed E-state index contributed by atoms with van der Waals surface area (Å²) in [4.78, 5) is 10.1. The van der Waals surface area contributed by atoms with Crippen molar-refractivity contribution in [2.45, 2.75) is 78.6 Å². The molecule has 0 radical (unpaired) electrons. The molecule has 0 saturated heterocycles. The predicted molar refractivity (Wildman–Crippen MR) is 347 cm³/mol. The van der Waals surface area contributed by atoms with Gasteiger partial charge in [0.2, 0.25) is 0 Å². The van der Waals surface area contributed by atoms with Crippen LogP contribution in [0.25, 0.3) is 44.7 Å². The Bertz CT molecular complexity index is 4550. The summed E-state index contributed by atoms with van der Waals surface area (Å²) in [5.41, 5.74) is 24.3. The molecule has 85 heavy (non-hydrogen) atoms. The van der Waals surface area contributed by atoms with Gasteiger partial charge in [0.15, 0.2) is 0 Å². The molecular formula is C78H67N5OPt. The molecule has 4 heterocycles. The number of fused-ring (bicyclic) bond motifs is 9. The minimum atomic E-state index is -0.749. The first kappa shape index (κ1) is 53.9. The minimum Gasteiger partial charge on any atom is -0.0459 e. The van der Waals surface area contributed by atoms with Crippen molar-refractivity contribution < 1.29 is 24.1 Å².